The molecule has 0 saturated carbocycles. The second-order valence-electron chi connectivity index (χ2n) is 5.78. The van der Waals surface area contributed by atoms with E-state index in [2.05, 4.69) is 40.4 Å². The first kappa shape index (κ1) is 16.3. The Balaban J connectivity index is 1.52. The summed E-state index contributed by atoms with van der Waals surface area (Å²) in [6.07, 6.45) is 1.82. The molecule has 0 amide bonds. The second-order valence-corrected chi connectivity index (χ2v) is 6.62. The smallest absolute Gasteiger partial charge is 0.103 e. The number of halogens is 2. The SMILES string of the molecule is Clc1ccc(/C=N\N2CC[NH+](Cc3ccccc3)CC2)c(Cl)c1. The van der Waals surface area contributed by atoms with Crippen LogP contribution in [0.2, 0.25) is 10.0 Å². The number of hydrazone groups is 1. The molecule has 0 atom stereocenters. The van der Waals surface area contributed by atoms with Crippen LogP contribution in [-0.4, -0.2) is 37.4 Å². The first-order valence-electron chi connectivity index (χ1n) is 7.82. The summed E-state index contributed by atoms with van der Waals surface area (Å²) in [5.41, 5.74) is 2.29. The van der Waals surface area contributed by atoms with Gasteiger partial charge in [0.05, 0.1) is 37.4 Å². The number of rotatable bonds is 4. The van der Waals surface area contributed by atoms with Crippen molar-refractivity contribution in [1.82, 2.24) is 5.01 Å². The predicted molar refractivity (Wildman–Crippen MR) is 96.5 cm³/mol. The Kier molecular flexibility index (Phi) is 5.55. The van der Waals surface area contributed by atoms with Crippen LogP contribution in [0.25, 0.3) is 0 Å². The lowest BCUT2D eigenvalue weighted by molar-refractivity contribution is -0.918. The molecule has 1 aliphatic rings. The number of quaternary nitrogens is 1. The van der Waals surface area contributed by atoms with Crippen LogP contribution in [0.3, 0.4) is 0 Å². The van der Waals surface area contributed by atoms with Crippen molar-refractivity contribution in [2.75, 3.05) is 26.2 Å². The summed E-state index contributed by atoms with van der Waals surface area (Å²) in [5.74, 6) is 0. The Hall–Kier alpha value is -1.55. The highest BCUT2D eigenvalue weighted by atomic mass is 35.5. The summed E-state index contributed by atoms with van der Waals surface area (Å²) < 4.78 is 0. The van der Waals surface area contributed by atoms with Gasteiger partial charge in [0.15, 0.2) is 0 Å². The van der Waals surface area contributed by atoms with Crippen molar-refractivity contribution in [1.29, 1.82) is 0 Å². The zero-order valence-corrected chi connectivity index (χ0v) is 14.4. The summed E-state index contributed by atoms with van der Waals surface area (Å²) in [4.78, 5) is 1.60. The summed E-state index contributed by atoms with van der Waals surface area (Å²) in [6.45, 7) is 5.20. The highest BCUT2D eigenvalue weighted by molar-refractivity contribution is 6.36. The number of nitrogens with zero attached hydrogens (tertiary/aromatic N) is 2. The Morgan fingerprint density at radius 3 is 2.48 bits per heavy atom. The molecule has 0 aliphatic carbocycles. The van der Waals surface area contributed by atoms with E-state index in [0.29, 0.717) is 10.0 Å². The number of nitrogens with one attached hydrogen (secondary N) is 1. The fourth-order valence-corrected chi connectivity index (χ4v) is 3.20. The molecule has 120 valence electrons. The van der Waals surface area contributed by atoms with Crippen LogP contribution < -0.4 is 4.90 Å². The van der Waals surface area contributed by atoms with Crippen molar-refractivity contribution < 1.29 is 4.90 Å². The van der Waals surface area contributed by atoms with Crippen LogP contribution in [0.4, 0.5) is 0 Å². The maximum absolute atomic E-state index is 6.16. The Labute approximate surface area is 147 Å². The molecule has 1 fully saturated rings. The number of hydrogen-bond acceptors (Lipinski definition) is 2. The third-order valence-corrected chi connectivity index (χ3v) is 4.63. The van der Waals surface area contributed by atoms with Crippen LogP contribution in [-0.2, 0) is 6.54 Å². The van der Waals surface area contributed by atoms with Gasteiger partial charge in [-0.2, -0.15) is 5.10 Å². The Morgan fingerprint density at radius 2 is 1.78 bits per heavy atom. The molecule has 0 bridgehead atoms. The molecule has 1 aliphatic heterocycles. The van der Waals surface area contributed by atoms with E-state index in [1.807, 2.05) is 18.3 Å². The van der Waals surface area contributed by atoms with Crippen LogP contribution in [0, 0.1) is 0 Å². The van der Waals surface area contributed by atoms with Crippen molar-refractivity contribution in [2.24, 2.45) is 5.10 Å². The first-order chi connectivity index (χ1) is 11.2. The van der Waals surface area contributed by atoms with E-state index in [1.54, 1.807) is 11.0 Å². The van der Waals surface area contributed by atoms with Crippen molar-refractivity contribution in [3.8, 4) is 0 Å². The highest BCUT2D eigenvalue weighted by Crippen LogP contribution is 2.19. The van der Waals surface area contributed by atoms with E-state index in [9.17, 15) is 0 Å². The van der Waals surface area contributed by atoms with E-state index < -0.39 is 0 Å². The quantitative estimate of drug-likeness (QED) is 0.842. The van der Waals surface area contributed by atoms with E-state index in [-0.39, 0.29) is 0 Å². The van der Waals surface area contributed by atoms with E-state index in [1.165, 1.54) is 5.56 Å². The lowest BCUT2D eigenvalue weighted by Crippen LogP contribution is -3.13. The lowest BCUT2D eigenvalue weighted by Gasteiger charge is -2.30. The van der Waals surface area contributed by atoms with Gasteiger partial charge in [-0.3, -0.25) is 5.01 Å². The molecule has 23 heavy (non-hydrogen) atoms. The average molecular weight is 349 g/mol. The summed E-state index contributed by atoms with van der Waals surface area (Å²) in [7, 11) is 0. The van der Waals surface area contributed by atoms with Crippen LogP contribution >= 0.6 is 23.2 Å². The molecule has 0 aromatic heterocycles. The fraction of sp³-hybridized carbons (Fsp3) is 0.278. The molecule has 0 spiro atoms. The van der Waals surface area contributed by atoms with E-state index in [0.717, 1.165) is 38.3 Å². The van der Waals surface area contributed by atoms with E-state index >= 15 is 0 Å². The molecule has 3 rings (SSSR count). The van der Waals surface area contributed by atoms with Gasteiger partial charge in [-0.25, -0.2) is 0 Å². The predicted octanol–water partition coefficient (Wildman–Crippen LogP) is 2.73. The number of benzene rings is 2. The van der Waals surface area contributed by atoms with Gasteiger partial charge >= 0.3 is 0 Å². The van der Waals surface area contributed by atoms with Gasteiger partial charge in [0.25, 0.3) is 0 Å². The highest BCUT2D eigenvalue weighted by Gasteiger charge is 2.18. The molecule has 2 aromatic rings. The van der Waals surface area contributed by atoms with Gasteiger partial charge in [-0.05, 0) is 12.1 Å². The Bertz CT molecular complexity index is 665. The third-order valence-electron chi connectivity index (χ3n) is 4.07. The average Bonchev–Trinajstić information content (AvgIpc) is 2.56. The van der Waals surface area contributed by atoms with Crippen molar-refractivity contribution >= 4 is 29.4 Å². The minimum Gasteiger partial charge on any atom is -0.328 e. The van der Waals surface area contributed by atoms with Gasteiger partial charge < -0.3 is 4.90 Å². The van der Waals surface area contributed by atoms with E-state index in [4.69, 9.17) is 23.2 Å². The zero-order valence-electron chi connectivity index (χ0n) is 12.9. The topological polar surface area (TPSA) is 20.0 Å². The van der Waals surface area contributed by atoms with Gasteiger partial charge in [0, 0.05) is 16.1 Å². The van der Waals surface area contributed by atoms with Crippen LogP contribution in [0.5, 0.6) is 0 Å². The molecular formula is C18H20Cl2N3+. The molecule has 0 unspecified atom stereocenters. The van der Waals surface area contributed by atoms with Crippen molar-refractivity contribution in [3.63, 3.8) is 0 Å². The normalized spacial score (nSPS) is 16.2. The summed E-state index contributed by atoms with van der Waals surface area (Å²) in [6, 6.07) is 16.1. The largest absolute Gasteiger partial charge is 0.328 e. The molecule has 2 aromatic carbocycles. The molecular weight excluding hydrogens is 329 g/mol. The molecule has 1 N–H and O–H groups in total. The fourth-order valence-electron chi connectivity index (χ4n) is 2.74. The molecule has 1 saturated heterocycles. The van der Waals surface area contributed by atoms with Crippen molar-refractivity contribution in [3.05, 3.63) is 69.7 Å². The molecule has 5 heteroatoms. The maximum atomic E-state index is 6.16. The first-order valence-corrected chi connectivity index (χ1v) is 8.58. The van der Waals surface area contributed by atoms with Gasteiger partial charge in [0.2, 0.25) is 0 Å². The molecule has 3 nitrogen and oxygen atoms in total. The standard InChI is InChI=1S/C18H19Cl2N3/c19-17-7-6-16(18(20)12-17)13-21-23-10-8-22(9-11-23)14-15-4-2-1-3-5-15/h1-7,12-13H,8-11,14H2/p+1/b21-13-. The third kappa shape index (κ3) is 4.71. The maximum Gasteiger partial charge on any atom is 0.103 e. The van der Waals surface area contributed by atoms with Gasteiger partial charge in [0.1, 0.15) is 6.54 Å². The van der Waals surface area contributed by atoms with Crippen LogP contribution in [0.15, 0.2) is 53.6 Å². The summed E-state index contributed by atoms with van der Waals surface area (Å²) >= 11 is 12.1. The minimum atomic E-state index is 0.634. The molecule has 0 radical (unpaired) electrons. The number of piperazine rings is 1. The minimum absolute atomic E-state index is 0.634. The lowest BCUT2D eigenvalue weighted by atomic mass is 10.2. The monoisotopic (exact) mass is 348 g/mol. The molecule has 1 heterocycles. The number of hydrogen-bond donors (Lipinski definition) is 1. The zero-order chi connectivity index (χ0) is 16.1. The Morgan fingerprint density at radius 1 is 1.04 bits per heavy atom. The summed E-state index contributed by atoms with van der Waals surface area (Å²) in [5, 5.41) is 7.94. The van der Waals surface area contributed by atoms with Gasteiger partial charge in [-0.1, -0.05) is 59.6 Å². The van der Waals surface area contributed by atoms with Crippen molar-refractivity contribution in [2.45, 2.75) is 6.54 Å². The van der Waals surface area contributed by atoms with Crippen LogP contribution in [0.1, 0.15) is 11.1 Å². The second kappa shape index (κ2) is 7.82. The van der Waals surface area contributed by atoms with Gasteiger partial charge in [-0.15, -0.1) is 0 Å².